The van der Waals surface area contributed by atoms with Crippen molar-refractivity contribution in [3.8, 4) is 0 Å². The molecule has 1 amide bonds. The Bertz CT molecular complexity index is 895. The van der Waals surface area contributed by atoms with Crippen molar-refractivity contribution in [1.82, 2.24) is 0 Å². The lowest BCUT2D eigenvalue weighted by atomic mass is 10.4. The predicted molar refractivity (Wildman–Crippen MR) is 116 cm³/mol. The van der Waals surface area contributed by atoms with Gasteiger partial charge in [-0.3, -0.25) is 4.79 Å². The molecule has 0 aliphatic carbocycles. The molecule has 0 spiro atoms. The van der Waals surface area contributed by atoms with Gasteiger partial charge in [0.2, 0.25) is 0 Å². The number of amides is 1. The molecular formula is C22H18NOPS. The van der Waals surface area contributed by atoms with Crippen LogP contribution < -0.4 is 15.9 Å². The molecule has 1 heterocycles. The number of carbonyl (C=O) groups excluding carboxylic acids is 1. The van der Waals surface area contributed by atoms with E-state index in [4.69, 9.17) is 0 Å². The first-order valence-electron chi connectivity index (χ1n) is 8.45. The average Bonchev–Trinajstić information content (AvgIpc) is 3.13. The van der Waals surface area contributed by atoms with E-state index in [2.05, 4.69) is 83.6 Å². The lowest BCUT2D eigenvalue weighted by molar-refractivity contribution is -0.115. The molecule has 3 aromatic rings. The third-order valence-corrected chi connectivity index (χ3v) is 9.41. The monoisotopic (exact) mass is 375 g/mol. The van der Waals surface area contributed by atoms with Gasteiger partial charge in [0.15, 0.2) is 0 Å². The molecule has 0 unspecified atom stereocenters. The fourth-order valence-corrected chi connectivity index (χ4v) is 8.15. The largest absolute Gasteiger partial charge is 0.272 e. The zero-order valence-corrected chi connectivity index (χ0v) is 15.9. The summed E-state index contributed by atoms with van der Waals surface area (Å²) in [5.74, 6) is 2.64. The molecule has 1 aliphatic rings. The summed E-state index contributed by atoms with van der Waals surface area (Å²) in [6, 6.07) is 31.7. The van der Waals surface area contributed by atoms with Crippen molar-refractivity contribution in [2.24, 2.45) is 4.99 Å². The van der Waals surface area contributed by atoms with Gasteiger partial charge in [-0.25, -0.2) is 4.99 Å². The summed E-state index contributed by atoms with van der Waals surface area (Å²) in [5.41, 5.74) is 0. The van der Waals surface area contributed by atoms with Crippen LogP contribution in [0.25, 0.3) is 0 Å². The molecule has 128 valence electrons. The standard InChI is InChI=1S/C22H18NOPS/c24-21-17-26-22(23-21)16-25(18-10-4-1-5-11-18,19-12-6-2-7-13-19)20-14-8-3-9-15-20/h1-16H,17H2. The SMILES string of the molecule is O=C1CSC(C=P(c2ccccc2)(c2ccccc2)c2ccccc2)=N1. The van der Waals surface area contributed by atoms with Crippen LogP contribution in [0.4, 0.5) is 0 Å². The molecule has 0 radical (unpaired) electrons. The third kappa shape index (κ3) is 3.21. The van der Waals surface area contributed by atoms with E-state index in [1.54, 1.807) is 0 Å². The van der Waals surface area contributed by atoms with E-state index >= 15 is 0 Å². The molecule has 0 atom stereocenters. The molecule has 2 nitrogen and oxygen atoms in total. The van der Waals surface area contributed by atoms with Crippen LogP contribution in [0.3, 0.4) is 0 Å². The summed E-state index contributed by atoms with van der Waals surface area (Å²) < 4.78 is 0. The quantitative estimate of drug-likeness (QED) is 0.654. The first-order valence-corrected chi connectivity index (χ1v) is 11.3. The van der Waals surface area contributed by atoms with E-state index < -0.39 is 6.89 Å². The molecule has 0 saturated carbocycles. The summed E-state index contributed by atoms with van der Waals surface area (Å²) in [7, 11) is 0. The number of rotatable bonds is 4. The topological polar surface area (TPSA) is 29.4 Å². The maximum atomic E-state index is 11.7. The minimum Gasteiger partial charge on any atom is -0.272 e. The maximum Gasteiger partial charge on any atom is 0.257 e. The van der Waals surface area contributed by atoms with E-state index in [1.807, 2.05) is 18.2 Å². The summed E-state index contributed by atoms with van der Waals surface area (Å²) in [6.07, 6.45) is 0. The molecular weight excluding hydrogens is 357 g/mol. The Kier molecular flexibility index (Phi) is 4.92. The van der Waals surface area contributed by atoms with E-state index in [1.165, 1.54) is 27.7 Å². The lowest BCUT2D eigenvalue weighted by Gasteiger charge is -2.28. The zero-order valence-electron chi connectivity index (χ0n) is 14.2. The molecule has 26 heavy (non-hydrogen) atoms. The number of aliphatic imine (C=N–C) groups is 1. The molecule has 4 rings (SSSR count). The number of thioether (sulfide) groups is 1. The van der Waals surface area contributed by atoms with Crippen LogP contribution >= 0.6 is 18.6 Å². The normalized spacial score (nSPS) is 14.2. The zero-order chi connectivity index (χ0) is 17.8. The first-order chi connectivity index (χ1) is 12.8. The smallest absolute Gasteiger partial charge is 0.257 e. The van der Waals surface area contributed by atoms with E-state index in [0.29, 0.717) is 5.75 Å². The summed E-state index contributed by atoms with van der Waals surface area (Å²) in [5, 5.41) is 4.63. The van der Waals surface area contributed by atoms with Crippen LogP contribution in [-0.4, -0.2) is 22.5 Å². The second-order valence-electron chi connectivity index (χ2n) is 5.99. The van der Waals surface area contributed by atoms with Crippen molar-refractivity contribution in [2.45, 2.75) is 0 Å². The van der Waals surface area contributed by atoms with Crippen molar-refractivity contribution in [2.75, 3.05) is 5.75 Å². The third-order valence-electron chi connectivity index (χ3n) is 4.37. The van der Waals surface area contributed by atoms with Gasteiger partial charge < -0.3 is 0 Å². The Morgan fingerprint density at radius 2 is 1.15 bits per heavy atom. The number of hydrogen-bond acceptors (Lipinski definition) is 2. The van der Waals surface area contributed by atoms with Crippen LogP contribution in [0, 0.1) is 0 Å². The minimum atomic E-state index is -2.06. The van der Waals surface area contributed by atoms with Crippen LogP contribution in [0.1, 0.15) is 0 Å². The van der Waals surface area contributed by atoms with E-state index in [0.717, 1.165) is 5.04 Å². The van der Waals surface area contributed by atoms with Gasteiger partial charge in [-0.1, -0.05) is 103 Å². The molecule has 4 heteroatoms. The van der Waals surface area contributed by atoms with Gasteiger partial charge in [0.1, 0.15) is 5.04 Å². The fraction of sp³-hybridized carbons (Fsp3) is 0.0455. The summed E-state index contributed by atoms with van der Waals surface area (Å²) in [4.78, 5) is 16.0. The van der Waals surface area contributed by atoms with Gasteiger partial charge in [0.25, 0.3) is 5.91 Å². The van der Waals surface area contributed by atoms with Crippen molar-refractivity contribution in [3.05, 3.63) is 91.0 Å². The van der Waals surface area contributed by atoms with E-state index in [-0.39, 0.29) is 5.91 Å². The molecule has 0 saturated heterocycles. The van der Waals surface area contributed by atoms with Crippen LogP contribution in [0.15, 0.2) is 96.0 Å². The van der Waals surface area contributed by atoms with Gasteiger partial charge in [-0.05, 0) is 28.6 Å². The molecule has 0 bridgehead atoms. The van der Waals surface area contributed by atoms with Gasteiger partial charge in [-0.2, -0.15) is 0 Å². The Hall–Kier alpha value is -2.35. The van der Waals surface area contributed by atoms with Gasteiger partial charge in [0.05, 0.1) is 5.75 Å². The Labute approximate surface area is 158 Å². The summed E-state index contributed by atoms with van der Waals surface area (Å²) >= 11 is 1.53. The molecule has 1 aliphatic heterocycles. The molecule has 0 aromatic heterocycles. The fourth-order valence-electron chi connectivity index (χ4n) is 3.22. The van der Waals surface area contributed by atoms with Gasteiger partial charge in [-0.15, -0.1) is 0 Å². The number of benzene rings is 3. The van der Waals surface area contributed by atoms with Gasteiger partial charge in [0, 0.05) is 0 Å². The van der Waals surface area contributed by atoms with E-state index in [9.17, 15) is 4.79 Å². The highest BCUT2D eigenvalue weighted by molar-refractivity contribution is 8.18. The number of hydrogen-bond donors (Lipinski definition) is 0. The van der Waals surface area contributed by atoms with Crippen molar-refractivity contribution >= 4 is 51.3 Å². The second-order valence-corrected chi connectivity index (χ2v) is 10.2. The first kappa shape index (κ1) is 17.1. The Morgan fingerprint density at radius 1 is 0.731 bits per heavy atom. The Balaban J connectivity index is 2.09. The highest BCUT2D eigenvalue weighted by Gasteiger charge is 2.27. The maximum absolute atomic E-state index is 11.7. The molecule has 3 aromatic carbocycles. The minimum absolute atomic E-state index is 0.0477. The summed E-state index contributed by atoms with van der Waals surface area (Å²) in [6.45, 7) is -2.06. The van der Waals surface area contributed by atoms with Crippen molar-refractivity contribution in [1.29, 1.82) is 0 Å². The van der Waals surface area contributed by atoms with Crippen molar-refractivity contribution < 1.29 is 4.79 Å². The van der Waals surface area contributed by atoms with Crippen LogP contribution in [0.5, 0.6) is 0 Å². The number of carbonyl (C=O) groups is 1. The highest BCUT2D eigenvalue weighted by atomic mass is 32.2. The Morgan fingerprint density at radius 3 is 1.50 bits per heavy atom. The second kappa shape index (κ2) is 7.49. The average molecular weight is 375 g/mol. The number of nitrogens with zero attached hydrogens (tertiary/aromatic N) is 1. The lowest BCUT2D eigenvalue weighted by Crippen LogP contribution is -2.28. The molecule has 0 fully saturated rings. The van der Waals surface area contributed by atoms with Gasteiger partial charge >= 0.3 is 0 Å². The van der Waals surface area contributed by atoms with Crippen LogP contribution in [-0.2, 0) is 4.79 Å². The predicted octanol–water partition coefficient (Wildman–Crippen LogP) is 3.45. The highest BCUT2D eigenvalue weighted by Crippen LogP contribution is 2.44. The van der Waals surface area contributed by atoms with Crippen molar-refractivity contribution in [3.63, 3.8) is 0 Å². The molecule has 0 N–H and O–H groups in total. The van der Waals surface area contributed by atoms with Crippen LogP contribution in [0.2, 0.25) is 0 Å².